The Bertz CT molecular complexity index is 729. The summed E-state index contributed by atoms with van der Waals surface area (Å²) in [7, 11) is 0. The normalized spacial score (nSPS) is 14.6. The number of imidazole rings is 1. The first kappa shape index (κ1) is 11.5. The molecule has 2 heterocycles. The van der Waals surface area contributed by atoms with Gasteiger partial charge in [-0.25, -0.2) is 9.97 Å². The second kappa shape index (κ2) is 4.63. The molecule has 1 aliphatic rings. The summed E-state index contributed by atoms with van der Waals surface area (Å²) in [6.45, 7) is 1.000. The molecule has 0 saturated heterocycles. The number of aromatic nitrogens is 3. The minimum Gasteiger partial charge on any atom is -0.368 e. The van der Waals surface area contributed by atoms with Gasteiger partial charge in [0.1, 0.15) is 11.3 Å². The maximum absolute atomic E-state index is 4.70. The molecule has 0 spiro atoms. The van der Waals surface area contributed by atoms with Crippen molar-refractivity contribution in [2.24, 2.45) is 5.92 Å². The van der Waals surface area contributed by atoms with E-state index < -0.39 is 0 Å². The summed E-state index contributed by atoms with van der Waals surface area (Å²) in [5.74, 6) is 2.59. The van der Waals surface area contributed by atoms with E-state index in [9.17, 15) is 0 Å². The van der Waals surface area contributed by atoms with Gasteiger partial charge in [0.05, 0.1) is 5.52 Å². The minimum absolute atomic E-state index is 0.819. The lowest BCUT2D eigenvalue weighted by Gasteiger charge is -2.03. The number of benzene rings is 1. The fourth-order valence-corrected chi connectivity index (χ4v) is 2.36. The predicted molar refractivity (Wildman–Crippen MR) is 80.5 cm³/mol. The SMILES string of the molecule is c1ccc(-c2nc3c(NCC4CC4)nccc3[nH]2)cc1. The Labute approximate surface area is 117 Å². The van der Waals surface area contributed by atoms with Crippen molar-refractivity contribution in [2.45, 2.75) is 12.8 Å². The summed E-state index contributed by atoms with van der Waals surface area (Å²) in [5, 5.41) is 3.42. The van der Waals surface area contributed by atoms with Crippen LogP contribution >= 0.6 is 0 Å². The lowest BCUT2D eigenvalue weighted by molar-refractivity contribution is 0.884. The van der Waals surface area contributed by atoms with Crippen LogP contribution < -0.4 is 5.32 Å². The molecular weight excluding hydrogens is 248 g/mol. The van der Waals surface area contributed by atoms with E-state index in [1.54, 1.807) is 0 Å². The largest absolute Gasteiger partial charge is 0.368 e. The molecule has 1 fully saturated rings. The smallest absolute Gasteiger partial charge is 0.154 e. The van der Waals surface area contributed by atoms with Crippen molar-refractivity contribution in [3.63, 3.8) is 0 Å². The summed E-state index contributed by atoms with van der Waals surface area (Å²) in [4.78, 5) is 12.5. The second-order valence-corrected chi connectivity index (χ2v) is 5.33. The van der Waals surface area contributed by atoms with E-state index in [1.165, 1.54) is 12.8 Å². The number of nitrogens with zero attached hydrogens (tertiary/aromatic N) is 2. The topological polar surface area (TPSA) is 53.6 Å². The quantitative estimate of drug-likeness (QED) is 0.759. The summed E-state index contributed by atoms with van der Waals surface area (Å²) in [5.41, 5.74) is 3.04. The van der Waals surface area contributed by atoms with E-state index in [4.69, 9.17) is 4.98 Å². The molecule has 2 aromatic heterocycles. The Hall–Kier alpha value is -2.36. The van der Waals surface area contributed by atoms with Crippen LogP contribution in [0.15, 0.2) is 42.6 Å². The van der Waals surface area contributed by atoms with E-state index in [0.29, 0.717) is 0 Å². The number of aromatic amines is 1. The van der Waals surface area contributed by atoms with E-state index >= 15 is 0 Å². The van der Waals surface area contributed by atoms with Gasteiger partial charge in [-0.3, -0.25) is 0 Å². The Morgan fingerprint density at radius 1 is 1.15 bits per heavy atom. The van der Waals surface area contributed by atoms with Crippen molar-refractivity contribution in [3.05, 3.63) is 42.6 Å². The first-order chi connectivity index (χ1) is 9.90. The zero-order valence-electron chi connectivity index (χ0n) is 11.1. The maximum atomic E-state index is 4.70. The molecule has 0 aliphatic heterocycles. The summed E-state index contributed by atoms with van der Waals surface area (Å²) >= 11 is 0. The molecule has 0 unspecified atom stereocenters. The van der Waals surface area contributed by atoms with Crippen molar-refractivity contribution in [1.29, 1.82) is 0 Å². The van der Waals surface area contributed by atoms with Gasteiger partial charge in [0.25, 0.3) is 0 Å². The first-order valence-corrected chi connectivity index (χ1v) is 7.04. The van der Waals surface area contributed by atoms with E-state index in [-0.39, 0.29) is 0 Å². The molecule has 4 heteroatoms. The fourth-order valence-electron chi connectivity index (χ4n) is 2.36. The van der Waals surface area contributed by atoms with E-state index in [2.05, 4.69) is 27.4 Å². The highest BCUT2D eigenvalue weighted by molar-refractivity contribution is 5.88. The van der Waals surface area contributed by atoms with Gasteiger partial charge < -0.3 is 10.3 Å². The summed E-state index contributed by atoms with van der Waals surface area (Å²) in [6, 6.07) is 12.1. The number of hydrogen-bond donors (Lipinski definition) is 2. The van der Waals surface area contributed by atoms with Gasteiger partial charge in [-0.05, 0) is 24.8 Å². The lowest BCUT2D eigenvalue weighted by Crippen LogP contribution is -2.05. The van der Waals surface area contributed by atoms with Gasteiger partial charge >= 0.3 is 0 Å². The third-order valence-electron chi connectivity index (χ3n) is 3.70. The van der Waals surface area contributed by atoms with Crippen LogP contribution in [0.4, 0.5) is 5.82 Å². The van der Waals surface area contributed by atoms with Gasteiger partial charge in [0, 0.05) is 18.3 Å². The number of pyridine rings is 1. The van der Waals surface area contributed by atoms with Crippen molar-refractivity contribution in [1.82, 2.24) is 15.0 Å². The number of H-pyrrole nitrogens is 1. The highest BCUT2D eigenvalue weighted by Crippen LogP contribution is 2.30. The molecule has 1 aliphatic carbocycles. The lowest BCUT2D eigenvalue weighted by atomic mass is 10.2. The first-order valence-electron chi connectivity index (χ1n) is 7.04. The minimum atomic E-state index is 0.819. The standard InChI is InChI=1S/C16H16N4/c1-2-4-12(5-3-1)15-19-13-8-9-17-16(14(13)20-15)18-10-11-6-7-11/h1-5,8-9,11H,6-7,10H2,(H,17,18)(H,19,20). The molecule has 0 radical (unpaired) electrons. The molecule has 1 saturated carbocycles. The van der Waals surface area contributed by atoms with Crippen LogP contribution in [-0.2, 0) is 0 Å². The molecule has 0 bridgehead atoms. The third kappa shape index (κ3) is 2.13. The fraction of sp³-hybridized carbons (Fsp3) is 0.250. The molecule has 0 amide bonds. The Morgan fingerprint density at radius 3 is 2.80 bits per heavy atom. The zero-order valence-corrected chi connectivity index (χ0v) is 11.1. The molecule has 0 atom stereocenters. The van der Waals surface area contributed by atoms with Gasteiger partial charge in [-0.1, -0.05) is 30.3 Å². The van der Waals surface area contributed by atoms with Crippen molar-refractivity contribution in [2.75, 3.05) is 11.9 Å². The number of hydrogen-bond acceptors (Lipinski definition) is 3. The average Bonchev–Trinajstić information content (AvgIpc) is 3.22. The van der Waals surface area contributed by atoms with Crippen LogP contribution in [0.2, 0.25) is 0 Å². The Kier molecular flexibility index (Phi) is 2.66. The molecule has 2 N–H and O–H groups in total. The number of nitrogens with one attached hydrogen (secondary N) is 2. The number of anilines is 1. The number of rotatable bonds is 4. The van der Waals surface area contributed by atoms with Gasteiger partial charge in [0.2, 0.25) is 0 Å². The van der Waals surface area contributed by atoms with Crippen LogP contribution in [0.5, 0.6) is 0 Å². The Balaban J connectivity index is 1.72. The third-order valence-corrected chi connectivity index (χ3v) is 3.70. The molecule has 100 valence electrons. The predicted octanol–water partition coefficient (Wildman–Crippen LogP) is 3.45. The Morgan fingerprint density at radius 2 is 2.00 bits per heavy atom. The van der Waals surface area contributed by atoms with E-state index in [1.807, 2.05) is 30.5 Å². The van der Waals surface area contributed by atoms with Crippen LogP contribution in [0.1, 0.15) is 12.8 Å². The summed E-state index contributed by atoms with van der Waals surface area (Å²) < 4.78 is 0. The van der Waals surface area contributed by atoms with E-state index in [0.717, 1.165) is 40.7 Å². The summed E-state index contributed by atoms with van der Waals surface area (Å²) in [6.07, 6.45) is 4.49. The molecule has 3 aromatic rings. The maximum Gasteiger partial charge on any atom is 0.154 e. The van der Waals surface area contributed by atoms with Crippen LogP contribution in [0.25, 0.3) is 22.4 Å². The molecule has 4 nitrogen and oxygen atoms in total. The van der Waals surface area contributed by atoms with Crippen LogP contribution in [-0.4, -0.2) is 21.5 Å². The number of fused-ring (bicyclic) bond motifs is 1. The molecular formula is C16H16N4. The van der Waals surface area contributed by atoms with Gasteiger partial charge in [-0.2, -0.15) is 0 Å². The highest BCUT2D eigenvalue weighted by Gasteiger charge is 2.21. The van der Waals surface area contributed by atoms with Gasteiger partial charge in [0.15, 0.2) is 5.82 Å². The van der Waals surface area contributed by atoms with Crippen molar-refractivity contribution >= 4 is 16.9 Å². The average molecular weight is 264 g/mol. The van der Waals surface area contributed by atoms with Crippen molar-refractivity contribution < 1.29 is 0 Å². The second-order valence-electron chi connectivity index (χ2n) is 5.33. The monoisotopic (exact) mass is 264 g/mol. The van der Waals surface area contributed by atoms with Crippen LogP contribution in [0.3, 0.4) is 0 Å². The highest BCUT2D eigenvalue weighted by atomic mass is 15.0. The zero-order chi connectivity index (χ0) is 13.4. The molecule has 1 aromatic carbocycles. The van der Waals surface area contributed by atoms with Crippen molar-refractivity contribution in [3.8, 4) is 11.4 Å². The molecule has 20 heavy (non-hydrogen) atoms. The van der Waals surface area contributed by atoms with Crippen LogP contribution in [0, 0.1) is 5.92 Å². The molecule has 4 rings (SSSR count). The van der Waals surface area contributed by atoms with Gasteiger partial charge in [-0.15, -0.1) is 0 Å².